The molecule has 0 saturated carbocycles. The number of likely N-dealkylation sites (tertiary alicyclic amines) is 1. The number of hydrogen-bond donors (Lipinski definition) is 1. The number of aromatic nitrogens is 2. The largest absolute Gasteiger partial charge is 0.306 e. The van der Waals surface area contributed by atoms with Crippen LogP contribution in [0.5, 0.6) is 0 Å². The van der Waals surface area contributed by atoms with Crippen molar-refractivity contribution < 1.29 is 4.79 Å². The third-order valence-corrected chi connectivity index (χ3v) is 5.02. The molecule has 5 nitrogen and oxygen atoms in total. The Labute approximate surface area is 122 Å². The molecule has 2 aromatic rings. The van der Waals surface area contributed by atoms with Gasteiger partial charge in [-0.1, -0.05) is 24.3 Å². The summed E-state index contributed by atoms with van der Waals surface area (Å²) in [6.45, 7) is 3.07. The first-order chi connectivity index (χ1) is 10.3. The van der Waals surface area contributed by atoms with E-state index in [2.05, 4.69) is 21.2 Å². The van der Waals surface area contributed by atoms with Gasteiger partial charge in [-0.05, 0) is 12.5 Å². The molecule has 1 aromatic heterocycles. The van der Waals surface area contributed by atoms with Crippen LogP contribution >= 0.6 is 0 Å². The Hall–Kier alpha value is -2.14. The molecule has 106 valence electrons. The van der Waals surface area contributed by atoms with Gasteiger partial charge in [0.15, 0.2) is 5.69 Å². The normalized spacial score (nSPS) is 30.0. The average molecular weight is 280 g/mol. The zero-order valence-electron chi connectivity index (χ0n) is 11.6. The van der Waals surface area contributed by atoms with Crippen LogP contribution in [0, 0.1) is 5.92 Å². The zero-order chi connectivity index (χ0) is 14.0. The van der Waals surface area contributed by atoms with E-state index in [4.69, 9.17) is 0 Å². The molecular formula is C16H16N4O. The second kappa shape index (κ2) is 3.95. The van der Waals surface area contributed by atoms with Crippen LogP contribution in [-0.4, -0.2) is 51.6 Å². The molecule has 3 aliphatic rings. The molecule has 4 heterocycles. The quantitative estimate of drug-likeness (QED) is 0.863. The number of benzene rings is 1. The van der Waals surface area contributed by atoms with Gasteiger partial charge < -0.3 is 4.90 Å². The van der Waals surface area contributed by atoms with Crippen molar-refractivity contribution in [2.24, 2.45) is 5.92 Å². The van der Waals surface area contributed by atoms with Crippen molar-refractivity contribution in [3.8, 4) is 0 Å². The molecule has 3 atom stereocenters. The Morgan fingerprint density at radius 1 is 1.29 bits per heavy atom. The number of piperidine rings is 1. The van der Waals surface area contributed by atoms with E-state index < -0.39 is 0 Å². The van der Waals surface area contributed by atoms with Gasteiger partial charge in [0.2, 0.25) is 0 Å². The Kier molecular flexibility index (Phi) is 2.16. The van der Waals surface area contributed by atoms with Crippen molar-refractivity contribution in [3.63, 3.8) is 0 Å². The number of fused-ring (bicyclic) bond motifs is 3. The summed E-state index contributed by atoms with van der Waals surface area (Å²) in [6, 6.07) is 8.14. The van der Waals surface area contributed by atoms with Crippen molar-refractivity contribution >= 4 is 16.8 Å². The molecule has 5 rings (SSSR count). The lowest BCUT2D eigenvalue weighted by molar-refractivity contribution is 0.0758. The van der Waals surface area contributed by atoms with Gasteiger partial charge in [-0.3, -0.25) is 14.8 Å². The standard InChI is InChI=1S/C16H16N4O/c21-16(15-12-3-1-2-4-13(12)17-18-15)20-11-7-10-8-19(9-11)6-5-14(10)20/h1-5,10-11H,6-9H2,(H,17,18). The van der Waals surface area contributed by atoms with E-state index in [0.29, 0.717) is 17.7 Å². The molecule has 21 heavy (non-hydrogen) atoms. The minimum atomic E-state index is 0.0509. The topological polar surface area (TPSA) is 52.2 Å². The van der Waals surface area contributed by atoms with Crippen LogP contribution in [0.1, 0.15) is 16.9 Å². The molecule has 3 unspecified atom stereocenters. The first-order valence-electron chi connectivity index (χ1n) is 7.50. The summed E-state index contributed by atoms with van der Waals surface area (Å²) in [5.41, 5.74) is 2.70. The van der Waals surface area contributed by atoms with Crippen LogP contribution in [0.15, 0.2) is 36.0 Å². The fourth-order valence-corrected chi connectivity index (χ4v) is 4.13. The third kappa shape index (κ3) is 1.49. The van der Waals surface area contributed by atoms with Crippen molar-refractivity contribution in [2.75, 3.05) is 19.6 Å². The molecule has 2 fully saturated rings. The van der Waals surface area contributed by atoms with Crippen molar-refractivity contribution in [1.29, 1.82) is 0 Å². The first kappa shape index (κ1) is 11.5. The molecule has 2 saturated heterocycles. The Morgan fingerprint density at radius 2 is 2.19 bits per heavy atom. The summed E-state index contributed by atoms with van der Waals surface area (Å²) < 4.78 is 0. The van der Waals surface area contributed by atoms with E-state index in [1.807, 2.05) is 29.2 Å². The molecule has 1 aromatic carbocycles. The summed E-state index contributed by atoms with van der Waals surface area (Å²) in [7, 11) is 0. The van der Waals surface area contributed by atoms with Crippen molar-refractivity contribution in [2.45, 2.75) is 12.5 Å². The zero-order valence-corrected chi connectivity index (χ0v) is 11.6. The van der Waals surface area contributed by atoms with Gasteiger partial charge in [0, 0.05) is 36.6 Å². The highest BCUT2D eigenvalue weighted by atomic mass is 16.2. The van der Waals surface area contributed by atoms with E-state index in [9.17, 15) is 4.79 Å². The number of nitrogens with one attached hydrogen (secondary N) is 1. The van der Waals surface area contributed by atoms with Crippen LogP contribution in [0.2, 0.25) is 0 Å². The minimum Gasteiger partial charge on any atom is -0.306 e. The first-order valence-corrected chi connectivity index (χ1v) is 7.50. The highest BCUT2D eigenvalue weighted by molar-refractivity contribution is 6.05. The lowest BCUT2D eigenvalue weighted by atomic mass is 9.95. The summed E-state index contributed by atoms with van der Waals surface area (Å²) in [5, 5.41) is 8.16. The van der Waals surface area contributed by atoms with Crippen LogP contribution in [0.3, 0.4) is 0 Å². The van der Waals surface area contributed by atoms with E-state index in [1.165, 1.54) is 5.70 Å². The number of para-hydroxylation sites is 1. The lowest BCUT2D eigenvalue weighted by Crippen LogP contribution is -2.43. The van der Waals surface area contributed by atoms with Gasteiger partial charge in [-0.2, -0.15) is 5.10 Å². The summed E-state index contributed by atoms with van der Waals surface area (Å²) in [4.78, 5) is 17.5. The number of H-pyrrole nitrogens is 1. The van der Waals surface area contributed by atoms with Gasteiger partial charge >= 0.3 is 0 Å². The van der Waals surface area contributed by atoms with Crippen molar-refractivity contribution in [1.82, 2.24) is 20.0 Å². The van der Waals surface area contributed by atoms with Gasteiger partial charge in [-0.15, -0.1) is 0 Å². The summed E-state index contributed by atoms with van der Waals surface area (Å²) >= 11 is 0. The second-order valence-electron chi connectivity index (χ2n) is 6.23. The maximum absolute atomic E-state index is 13.0. The molecule has 1 N–H and O–H groups in total. The Morgan fingerprint density at radius 3 is 3.14 bits per heavy atom. The molecule has 0 spiro atoms. The molecule has 5 heteroatoms. The molecule has 0 aliphatic carbocycles. The molecular weight excluding hydrogens is 264 g/mol. The van der Waals surface area contributed by atoms with Crippen LogP contribution in [-0.2, 0) is 0 Å². The monoisotopic (exact) mass is 280 g/mol. The lowest BCUT2D eigenvalue weighted by Gasteiger charge is -2.31. The number of carbonyl (C=O) groups is 1. The summed E-state index contributed by atoms with van der Waals surface area (Å²) in [6.07, 6.45) is 3.34. The van der Waals surface area contributed by atoms with Crippen LogP contribution in [0.4, 0.5) is 0 Å². The van der Waals surface area contributed by atoms with Crippen LogP contribution in [0.25, 0.3) is 10.9 Å². The number of carbonyl (C=O) groups excluding carboxylic acids is 1. The maximum Gasteiger partial charge on any atom is 0.279 e. The highest BCUT2D eigenvalue weighted by Gasteiger charge is 2.47. The Balaban J connectivity index is 1.60. The summed E-state index contributed by atoms with van der Waals surface area (Å²) in [5.74, 6) is 0.585. The van der Waals surface area contributed by atoms with Gasteiger partial charge in [0.25, 0.3) is 5.91 Å². The second-order valence-corrected chi connectivity index (χ2v) is 6.23. The van der Waals surface area contributed by atoms with E-state index >= 15 is 0 Å². The maximum atomic E-state index is 13.0. The highest BCUT2D eigenvalue weighted by Crippen LogP contribution is 2.41. The average Bonchev–Trinajstić information content (AvgIpc) is 2.99. The van der Waals surface area contributed by atoms with Crippen LogP contribution < -0.4 is 0 Å². The third-order valence-electron chi connectivity index (χ3n) is 5.02. The van der Waals surface area contributed by atoms with Gasteiger partial charge in [0.05, 0.1) is 11.6 Å². The number of rotatable bonds is 1. The van der Waals surface area contributed by atoms with Gasteiger partial charge in [0.1, 0.15) is 0 Å². The number of aromatic amines is 1. The molecule has 1 amide bonds. The van der Waals surface area contributed by atoms with E-state index in [0.717, 1.165) is 37.0 Å². The van der Waals surface area contributed by atoms with E-state index in [1.54, 1.807) is 0 Å². The Bertz CT molecular complexity index is 777. The van der Waals surface area contributed by atoms with Crippen molar-refractivity contribution in [3.05, 3.63) is 41.7 Å². The van der Waals surface area contributed by atoms with Gasteiger partial charge in [-0.25, -0.2) is 0 Å². The fraction of sp³-hybridized carbons (Fsp3) is 0.375. The molecule has 0 radical (unpaired) electrons. The predicted octanol–water partition coefficient (Wildman–Crippen LogP) is 1.61. The number of hydrogen-bond acceptors (Lipinski definition) is 3. The molecule has 3 bridgehead atoms. The predicted molar refractivity (Wildman–Crippen MR) is 78.7 cm³/mol. The number of amides is 1. The SMILES string of the molecule is O=C(c1n[nH]c2ccccc12)N1C2=CCN3CC2CC1C3. The molecule has 3 aliphatic heterocycles. The minimum absolute atomic E-state index is 0.0509. The number of nitrogens with zero attached hydrogens (tertiary/aromatic N) is 3. The fourth-order valence-electron chi connectivity index (χ4n) is 4.13. The smallest absolute Gasteiger partial charge is 0.279 e. The van der Waals surface area contributed by atoms with E-state index in [-0.39, 0.29) is 5.91 Å².